The Morgan fingerprint density at radius 1 is 0.953 bits per heavy atom. The normalized spacial score (nSPS) is 36.8. The summed E-state index contributed by atoms with van der Waals surface area (Å²) in [5.74, 6) is 1.28. The fourth-order valence-corrected chi connectivity index (χ4v) is 9.03. The lowest BCUT2D eigenvalue weighted by atomic mass is 9.59. The van der Waals surface area contributed by atoms with Crippen LogP contribution in [0.4, 0.5) is 0 Å². The molecule has 7 aliphatic rings. The van der Waals surface area contributed by atoms with Crippen molar-refractivity contribution in [3.05, 3.63) is 107 Å². The van der Waals surface area contributed by atoms with Gasteiger partial charge < -0.3 is 9.80 Å². The first-order chi connectivity index (χ1) is 21.0. The lowest BCUT2D eigenvalue weighted by Gasteiger charge is -2.56. The van der Waals surface area contributed by atoms with Gasteiger partial charge in [0, 0.05) is 40.8 Å². The van der Waals surface area contributed by atoms with Crippen LogP contribution in [0.2, 0.25) is 0 Å². The number of allylic oxidation sites excluding steroid dienone is 13. The number of hydrogen-bond donors (Lipinski definition) is 0. The Hall–Kier alpha value is -3.58. The maximum Gasteiger partial charge on any atom is 0.118 e. The minimum absolute atomic E-state index is 0.0410. The highest BCUT2D eigenvalue weighted by atomic mass is 15.3. The van der Waals surface area contributed by atoms with E-state index >= 15 is 0 Å². The maximum atomic E-state index is 9.64. The van der Waals surface area contributed by atoms with Gasteiger partial charge >= 0.3 is 0 Å². The van der Waals surface area contributed by atoms with E-state index in [1.54, 1.807) is 0 Å². The van der Waals surface area contributed by atoms with E-state index in [2.05, 4.69) is 116 Å². The molecule has 222 valence electrons. The van der Waals surface area contributed by atoms with Gasteiger partial charge in [-0.15, -0.1) is 0 Å². The Morgan fingerprint density at radius 3 is 2.63 bits per heavy atom. The van der Waals surface area contributed by atoms with E-state index in [4.69, 9.17) is 4.99 Å². The van der Waals surface area contributed by atoms with Crippen LogP contribution >= 0.6 is 0 Å². The molecule has 0 radical (unpaired) electrons. The van der Waals surface area contributed by atoms with Crippen LogP contribution in [-0.2, 0) is 0 Å². The van der Waals surface area contributed by atoms with Crippen molar-refractivity contribution in [3.63, 3.8) is 0 Å². The summed E-state index contributed by atoms with van der Waals surface area (Å²) in [6.45, 7) is 7.31. The van der Waals surface area contributed by atoms with Crippen LogP contribution < -0.4 is 0 Å². The molecule has 0 aromatic rings. The third-order valence-corrected chi connectivity index (χ3v) is 11.2. The highest BCUT2D eigenvalue weighted by Crippen LogP contribution is 2.53. The van der Waals surface area contributed by atoms with Gasteiger partial charge in [0.05, 0.1) is 23.8 Å². The molecule has 2 heterocycles. The Bertz CT molecular complexity index is 1500. The molecular weight excluding hydrogens is 524 g/mol. The second-order valence-electron chi connectivity index (χ2n) is 13.8. The number of fused-ring (bicyclic) bond motifs is 1. The van der Waals surface area contributed by atoms with E-state index in [-0.39, 0.29) is 17.4 Å². The topological polar surface area (TPSA) is 42.6 Å². The Balaban J connectivity index is 1.27. The third-order valence-electron chi connectivity index (χ3n) is 11.2. The van der Waals surface area contributed by atoms with Gasteiger partial charge in [0.15, 0.2) is 0 Å². The molecule has 4 nitrogen and oxygen atoms in total. The van der Waals surface area contributed by atoms with Gasteiger partial charge in [-0.3, -0.25) is 0 Å². The molecule has 2 aliphatic heterocycles. The fraction of sp³-hybridized carbons (Fsp3) is 0.487. The highest BCUT2D eigenvalue weighted by molar-refractivity contribution is 5.99. The molecule has 7 rings (SSSR count). The summed E-state index contributed by atoms with van der Waals surface area (Å²) in [6.07, 6.45) is 40.6. The van der Waals surface area contributed by atoms with E-state index in [1.165, 1.54) is 41.9 Å². The monoisotopic (exact) mass is 570 g/mol. The van der Waals surface area contributed by atoms with Crippen LogP contribution in [0.15, 0.2) is 112 Å². The molecule has 43 heavy (non-hydrogen) atoms. The summed E-state index contributed by atoms with van der Waals surface area (Å²) < 4.78 is 0. The summed E-state index contributed by atoms with van der Waals surface area (Å²) in [4.78, 5) is 10.4. The summed E-state index contributed by atoms with van der Waals surface area (Å²) in [7, 11) is 0. The number of rotatable bonds is 4. The summed E-state index contributed by atoms with van der Waals surface area (Å²) in [6, 6.07) is 3.22. The van der Waals surface area contributed by atoms with E-state index in [0.29, 0.717) is 29.6 Å². The SMILES string of the molecule is CC1C=C(N2C3=C(CCC=C3)N(C3C=CC=C(C4(C)CC=CCC4C4=CCCC(C#N)=N4)C3C)C3C=CC=CC32)CCC1. The van der Waals surface area contributed by atoms with Crippen molar-refractivity contribution in [2.75, 3.05) is 0 Å². The fourth-order valence-electron chi connectivity index (χ4n) is 9.03. The van der Waals surface area contributed by atoms with Crippen molar-refractivity contribution in [3.8, 4) is 6.07 Å². The summed E-state index contributed by atoms with van der Waals surface area (Å²) >= 11 is 0. The molecule has 4 heteroatoms. The predicted octanol–water partition coefficient (Wildman–Crippen LogP) is 8.85. The van der Waals surface area contributed by atoms with Gasteiger partial charge in [0.25, 0.3) is 0 Å². The molecule has 5 aliphatic carbocycles. The summed E-state index contributed by atoms with van der Waals surface area (Å²) in [5, 5.41) is 9.64. The molecule has 0 saturated heterocycles. The largest absolute Gasteiger partial charge is 0.357 e. The minimum atomic E-state index is -0.0410. The quantitative estimate of drug-likeness (QED) is 0.317. The molecule has 0 spiro atoms. The van der Waals surface area contributed by atoms with Gasteiger partial charge in [-0.25, -0.2) is 4.99 Å². The third kappa shape index (κ3) is 4.86. The van der Waals surface area contributed by atoms with Gasteiger partial charge in [0.1, 0.15) is 11.8 Å². The molecule has 0 aromatic carbocycles. The molecule has 0 saturated carbocycles. The van der Waals surface area contributed by atoms with Crippen molar-refractivity contribution in [1.29, 1.82) is 5.26 Å². The number of hydrogen-bond acceptors (Lipinski definition) is 4. The average molecular weight is 571 g/mol. The smallest absolute Gasteiger partial charge is 0.118 e. The molecule has 0 amide bonds. The minimum Gasteiger partial charge on any atom is -0.357 e. The first-order valence-corrected chi connectivity index (χ1v) is 16.7. The van der Waals surface area contributed by atoms with E-state index < -0.39 is 0 Å². The van der Waals surface area contributed by atoms with Crippen LogP contribution in [0.5, 0.6) is 0 Å². The van der Waals surface area contributed by atoms with Crippen LogP contribution in [0, 0.1) is 34.5 Å². The zero-order chi connectivity index (χ0) is 29.6. The van der Waals surface area contributed by atoms with E-state index in [9.17, 15) is 5.26 Å². The Morgan fingerprint density at radius 2 is 1.79 bits per heavy atom. The lowest BCUT2D eigenvalue weighted by molar-refractivity contribution is 0.105. The van der Waals surface area contributed by atoms with Crippen LogP contribution in [0.25, 0.3) is 0 Å². The van der Waals surface area contributed by atoms with Crippen LogP contribution in [0.1, 0.15) is 78.6 Å². The molecule has 0 fully saturated rings. The molecule has 7 unspecified atom stereocenters. The first kappa shape index (κ1) is 28.2. The lowest BCUT2D eigenvalue weighted by Crippen LogP contribution is -2.59. The Labute approximate surface area is 258 Å². The van der Waals surface area contributed by atoms with Gasteiger partial charge in [-0.05, 0) is 63.4 Å². The Kier molecular flexibility index (Phi) is 7.54. The number of aliphatic imine (C=N–C) groups is 1. The molecule has 7 atom stereocenters. The van der Waals surface area contributed by atoms with E-state index in [1.807, 2.05) is 0 Å². The van der Waals surface area contributed by atoms with Crippen molar-refractivity contribution in [1.82, 2.24) is 9.80 Å². The molecular formula is C39H46N4. The molecule has 0 bridgehead atoms. The van der Waals surface area contributed by atoms with Gasteiger partial charge in [-0.2, -0.15) is 5.26 Å². The zero-order valence-corrected chi connectivity index (χ0v) is 26.1. The van der Waals surface area contributed by atoms with Crippen LogP contribution in [-0.4, -0.2) is 33.6 Å². The second-order valence-corrected chi connectivity index (χ2v) is 13.8. The second kappa shape index (κ2) is 11.5. The molecule has 0 aromatic heterocycles. The van der Waals surface area contributed by atoms with Crippen molar-refractivity contribution >= 4 is 5.71 Å². The van der Waals surface area contributed by atoms with Gasteiger partial charge in [-0.1, -0.05) is 99.3 Å². The van der Waals surface area contributed by atoms with Crippen molar-refractivity contribution in [2.24, 2.45) is 28.2 Å². The zero-order valence-electron chi connectivity index (χ0n) is 26.1. The number of nitriles is 1. The maximum absolute atomic E-state index is 9.64. The molecule has 0 N–H and O–H groups in total. The first-order valence-electron chi connectivity index (χ1n) is 16.7. The highest BCUT2D eigenvalue weighted by Gasteiger charge is 2.48. The van der Waals surface area contributed by atoms with Crippen molar-refractivity contribution < 1.29 is 0 Å². The standard InChI is InChI=1S/C39H46N4/c1-27-13-10-15-30(25-27)42-35-19-4-6-21-37(35)43(38-22-7-5-20-36(38)42)34-23-12-17-31(28(34)2)39(3)24-9-8-16-32(39)33-18-11-14-29(26-40)41-33/h4-6,8-9,12,17-21,23,25,27-28,32,34-35,37H,7,10-11,13-16,22,24H2,1-3H3. The summed E-state index contributed by atoms with van der Waals surface area (Å²) in [5.41, 5.74) is 7.74. The number of nitrogens with zero attached hydrogens (tertiary/aromatic N) is 4. The van der Waals surface area contributed by atoms with Gasteiger partial charge in [0.2, 0.25) is 0 Å². The average Bonchev–Trinajstić information content (AvgIpc) is 3.04. The van der Waals surface area contributed by atoms with Crippen LogP contribution in [0.3, 0.4) is 0 Å². The predicted molar refractivity (Wildman–Crippen MR) is 177 cm³/mol. The van der Waals surface area contributed by atoms with E-state index in [0.717, 1.165) is 44.2 Å². The van der Waals surface area contributed by atoms with Crippen molar-refractivity contribution in [2.45, 2.75) is 96.7 Å².